The number of esters is 2. The number of benzene rings is 2. The average molecular weight is 423 g/mol. The monoisotopic (exact) mass is 423 g/mol. The summed E-state index contributed by atoms with van der Waals surface area (Å²) in [7, 11) is 2.23. The number of nitriles is 1. The van der Waals surface area contributed by atoms with Crippen molar-refractivity contribution >= 4 is 17.6 Å². The molecule has 2 aromatic carbocycles. The van der Waals surface area contributed by atoms with Crippen LogP contribution in [0.5, 0.6) is 5.75 Å². The minimum Gasteiger partial charge on any atom is -0.506 e. The molecule has 9 heteroatoms. The van der Waals surface area contributed by atoms with E-state index in [-0.39, 0.29) is 28.4 Å². The van der Waals surface area contributed by atoms with Crippen LogP contribution in [0.3, 0.4) is 0 Å². The molecule has 1 atom stereocenters. The molecule has 0 spiro atoms. The summed E-state index contributed by atoms with van der Waals surface area (Å²) >= 11 is 0. The first-order valence-corrected chi connectivity index (χ1v) is 8.99. The summed E-state index contributed by atoms with van der Waals surface area (Å²) in [5, 5.41) is 20.2. The van der Waals surface area contributed by atoms with Crippen molar-refractivity contribution in [3.8, 4) is 11.8 Å². The molecule has 0 fully saturated rings. The van der Waals surface area contributed by atoms with Gasteiger partial charge in [0, 0.05) is 6.07 Å². The molecule has 1 aliphatic rings. The quantitative estimate of drug-likeness (QED) is 0.718. The van der Waals surface area contributed by atoms with E-state index in [4.69, 9.17) is 15.2 Å². The second kappa shape index (κ2) is 8.59. The van der Waals surface area contributed by atoms with Gasteiger partial charge in [0.05, 0.1) is 43.0 Å². The zero-order valence-electron chi connectivity index (χ0n) is 16.6. The number of carbonyl (C=O) groups excluding carboxylic acids is 2. The van der Waals surface area contributed by atoms with Crippen LogP contribution in [0.25, 0.3) is 0 Å². The van der Waals surface area contributed by atoms with Crippen LogP contribution in [-0.4, -0.2) is 31.3 Å². The molecule has 8 nitrogen and oxygen atoms in total. The van der Waals surface area contributed by atoms with Gasteiger partial charge in [-0.25, -0.2) is 14.0 Å². The van der Waals surface area contributed by atoms with Gasteiger partial charge in [-0.1, -0.05) is 30.3 Å². The number of allylic oxidation sites excluding steroid dienone is 1. The zero-order valence-corrected chi connectivity index (χ0v) is 16.6. The SMILES string of the molecule is COC(=O)C1=C(C(=O)OC)N(c2ccc(F)cc2O)C(N)=C(C#N)C1c1ccccc1. The highest BCUT2D eigenvalue weighted by molar-refractivity contribution is 6.06. The fraction of sp³-hybridized carbons (Fsp3) is 0.136. The first-order chi connectivity index (χ1) is 14.8. The highest BCUT2D eigenvalue weighted by atomic mass is 19.1. The van der Waals surface area contributed by atoms with Gasteiger partial charge < -0.3 is 20.3 Å². The lowest BCUT2D eigenvalue weighted by atomic mass is 9.81. The molecule has 31 heavy (non-hydrogen) atoms. The van der Waals surface area contributed by atoms with E-state index in [1.807, 2.05) is 6.07 Å². The summed E-state index contributed by atoms with van der Waals surface area (Å²) in [6.07, 6.45) is 0. The Morgan fingerprint density at radius 1 is 1.13 bits per heavy atom. The Bertz CT molecular complexity index is 1150. The minimum atomic E-state index is -1.04. The van der Waals surface area contributed by atoms with Gasteiger partial charge in [0.1, 0.15) is 23.1 Å². The van der Waals surface area contributed by atoms with E-state index in [0.717, 1.165) is 37.3 Å². The molecule has 1 heterocycles. The van der Waals surface area contributed by atoms with Crippen molar-refractivity contribution in [2.45, 2.75) is 5.92 Å². The lowest BCUT2D eigenvalue weighted by Gasteiger charge is -2.36. The fourth-order valence-corrected chi connectivity index (χ4v) is 3.45. The Kier molecular flexibility index (Phi) is 5.93. The summed E-state index contributed by atoms with van der Waals surface area (Å²) in [4.78, 5) is 26.7. The van der Waals surface area contributed by atoms with E-state index in [0.29, 0.717) is 5.56 Å². The van der Waals surface area contributed by atoms with Gasteiger partial charge in [-0.05, 0) is 17.7 Å². The third kappa shape index (κ3) is 3.67. The lowest BCUT2D eigenvalue weighted by molar-refractivity contribution is -0.139. The number of methoxy groups -OCH3 is 2. The summed E-state index contributed by atoms with van der Waals surface area (Å²) in [5.41, 5.74) is 6.01. The van der Waals surface area contributed by atoms with Gasteiger partial charge in [-0.2, -0.15) is 5.26 Å². The van der Waals surface area contributed by atoms with Crippen LogP contribution >= 0.6 is 0 Å². The summed E-state index contributed by atoms with van der Waals surface area (Å²) in [6.45, 7) is 0. The molecule has 0 saturated carbocycles. The van der Waals surface area contributed by atoms with Gasteiger partial charge >= 0.3 is 11.9 Å². The van der Waals surface area contributed by atoms with Gasteiger partial charge in [0.25, 0.3) is 0 Å². The smallest absolute Gasteiger partial charge is 0.355 e. The molecule has 3 rings (SSSR count). The van der Waals surface area contributed by atoms with Crippen LogP contribution in [0.2, 0.25) is 0 Å². The second-order valence-electron chi connectivity index (χ2n) is 6.47. The predicted molar refractivity (Wildman–Crippen MR) is 108 cm³/mol. The van der Waals surface area contributed by atoms with E-state index >= 15 is 0 Å². The number of phenolic OH excluding ortho intramolecular Hbond substituents is 1. The Morgan fingerprint density at radius 3 is 2.32 bits per heavy atom. The maximum absolute atomic E-state index is 13.6. The van der Waals surface area contributed by atoms with Crippen molar-refractivity contribution in [3.05, 3.63) is 82.6 Å². The number of nitrogens with zero attached hydrogens (tertiary/aromatic N) is 2. The van der Waals surface area contributed by atoms with Gasteiger partial charge in [-0.15, -0.1) is 0 Å². The Hall–Kier alpha value is -4.32. The average Bonchev–Trinajstić information content (AvgIpc) is 2.78. The Morgan fingerprint density at radius 2 is 1.77 bits per heavy atom. The number of carbonyl (C=O) groups is 2. The number of rotatable bonds is 4. The van der Waals surface area contributed by atoms with Crippen LogP contribution < -0.4 is 10.6 Å². The number of nitrogens with two attached hydrogens (primary N) is 1. The molecule has 2 aromatic rings. The van der Waals surface area contributed by atoms with Gasteiger partial charge in [-0.3, -0.25) is 4.90 Å². The first kappa shape index (κ1) is 21.4. The highest BCUT2D eigenvalue weighted by Crippen LogP contribution is 2.44. The van der Waals surface area contributed by atoms with Gasteiger partial charge in [0.15, 0.2) is 0 Å². The molecule has 158 valence electrons. The van der Waals surface area contributed by atoms with Crippen LogP contribution in [0.1, 0.15) is 11.5 Å². The fourth-order valence-electron chi connectivity index (χ4n) is 3.45. The normalized spacial score (nSPS) is 16.1. The maximum Gasteiger partial charge on any atom is 0.355 e. The number of anilines is 1. The topological polar surface area (TPSA) is 126 Å². The second-order valence-corrected chi connectivity index (χ2v) is 6.47. The molecule has 0 amide bonds. The summed E-state index contributed by atoms with van der Waals surface area (Å²) in [5.74, 6) is -4.44. The first-order valence-electron chi connectivity index (χ1n) is 8.99. The molecule has 0 saturated heterocycles. The molecule has 1 unspecified atom stereocenters. The van der Waals surface area contributed by atoms with Gasteiger partial charge in [0.2, 0.25) is 0 Å². The van der Waals surface area contributed by atoms with Crippen LogP contribution in [0.4, 0.5) is 10.1 Å². The molecule has 1 aliphatic heterocycles. The molecule has 0 aliphatic carbocycles. The van der Waals surface area contributed by atoms with E-state index < -0.39 is 29.4 Å². The van der Waals surface area contributed by atoms with Crippen LogP contribution in [-0.2, 0) is 19.1 Å². The minimum absolute atomic E-state index is 0.0667. The number of hydrogen-bond acceptors (Lipinski definition) is 8. The number of aromatic hydroxyl groups is 1. The zero-order chi connectivity index (χ0) is 22.7. The van der Waals surface area contributed by atoms with E-state index in [1.54, 1.807) is 30.3 Å². The van der Waals surface area contributed by atoms with Crippen LogP contribution in [0.15, 0.2) is 71.2 Å². The van der Waals surface area contributed by atoms with Crippen molar-refractivity contribution < 1.29 is 28.6 Å². The van der Waals surface area contributed by atoms with Crippen molar-refractivity contribution in [2.75, 3.05) is 19.1 Å². The number of halogens is 1. The van der Waals surface area contributed by atoms with Crippen molar-refractivity contribution in [3.63, 3.8) is 0 Å². The number of ether oxygens (including phenoxy) is 2. The molecule has 0 bridgehead atoms. The van der Waals surface area contributed by atoms with Crippen molar-refractivity contribution in [1.82, 2.24) is 0 Å². The van der Waals surface area contributed by atoms with E-state index in [1.165, 1.54) is 0 Å². The molecular weight excluding hydrogens is 405 g/mol. The summed E-state index contributed by atoms with van der Waals surface area (Å²) in [6, 6.07) is 13.5. The third-order valence-corrected chi connectivity index (χ3v) is 4.79. The van der Waals surface area contributed by atoms with Crippen molar-refractivity contribution in [1.29, 1.82) is 5.26 Å². The Balaban J connectivity index is 2.43. The number of phenols is 1. The standard InChI is InChI=1S/C22H18FN3O5/c1-30-21(28)18-17(12-6-4-3-5-7-12)14(11-24)20(25)26(19(18)22(29)31-2)15-9-8-13(23)10-16(15)27/h3-10,17,27H,25H2,1-2H3. The van der Waals surface area contributed by atoms with E-state index in [9.17, 15) is 24.3 Å². The number of hydrogen-bond donors (Lipinski definition) is 2. The van der Waals surface area contributed by atoms with E-state index in [2.05, 4.69) is 0 Å². The predicted octanol–water partition coefficient (Wildman–Crippen LogP) is 2.43. The highest BCUT2D eigenvalue weighted by Gasteiger charge is 2.43. The lowest BCUT2D eigenvalue weighted by Crippen LogP contribution is -2.40. The molecule has 0 aromatic heterocycles. The van der Waals surface area contributed by atoms with Crippen molar-refractivity contribution in [2.24, 2.45) is 5.73 Å². The largest absolute Gasteiger partial charge is 0.506 e. The maximum atomic E-state index is 13.6. The Labute approximate surface area is 177 Å². The third-order valence-electron chi connectivity index (χ3n) is 4.79. The van der Waals surface area contributed by atoms with Crippen LogP contribution in [0, 0.1) is 17.1 Å². The molecule has 0 radical (unpaired) electrons. The molecule has 3 N–H and O–H groups in total. The summed E-state index contributed by atoms with van der Waals surface area (Å²) < 4.78 is 23.3. The molecular formula is C22H18FN3O5.